The van der Waals surface area contributed by atoms with E-state index in [0.29, 0.717) is 0 Å². The van der Waals surface area contributed by atoms with Crippen LogP contribution < -0.4 is 5.32 Å². The molecule has 0 heterocycles. The van der Waals surface area contributed by atoms with Gasteiger partial charge in [0.1, 0.15) is 6.61 Å². The number of nitro benzene ring substituents is 2. The number of hydrogen-bond donors (Lipinski definition) is 1. The van der Waals surface area contributed by atoms with Gasteiger partial charge in [0.25, 0.3) is 11.4 Å². The molecular weight excluding hydrogens is 306 g/mol. The summed E-state index contributed by atoms with van der Waals surface area (Å²) in [6.07, 6.45) is -0.872. The maximum absolute atomic E-state index is 11.7. The summed E-state index contributed by atoms with van der Waals surface area (Å²) in [7, 11) is 0. The van der Waals surface area contributed by atoms with Crippen LogP contribution in [0.3, 0.4) is 0 Å². The van der Waals surface area contributed by atoms with Gasteiger partial charge in [-0.05, 0) is 5.56 Å². The van der Waals surface area contributed by atoms with Crippen LogP contribution in [0.5, 0.6) is 0 Å². The number of benzene rings is 2. The average Bonchev–Trinajstić information content (AvgIpc) is 2.53. The first-order valence-corrected chi connectivity index (χ1v) is 6.37. The summed E-state index contributed by atoms with van der Waals surface area (Å²) >= 11 is 0. The van der Waals surface area contributed by atoms with Crippen molar-refractivity contribution in [3.63, 3.8) is 0 Å². The van der Waals surface area contributed by atoms with Gasteiger partial charge in [-0.2, -0.15) is 0 Å². The Hall–Kier alpha value is -3.49. The molecule has 2 rings (SSSR count). The zero-order valence-corrected chi connectivity index (χ0v) is 11.7. The Kier molecular flexibility index (Phi) is 4.82. The van der Waals surface area contributed by atoms with Gasteiger partial charge in [0, 0.05) is 12.1 Å². The van der Waals surface area contributed by atoms with Crippen molar-refractivity contribution in [3.05, 3.63) is 74.3 Å². The maximum atomic E-state index is 11.7. The number of carbonyl (C=O) groups excluding carboxylic acids is 1. The summed E-state index contributed by atoms with van der Waals surface area (Å²) in [5, 5.41) is 23.8. The highest BCUT2D eigenvalue weighted by Gasteiger charge is 2.17. The maximum Gasteiger partial charge on any atom is 0.411 e. The molecule has 0 aliphatic carbocycles. The summed E-state index contributed by atoms with van der Waals surface area (Å²) in [6, 6.07) is 11.7. The number of carbonyl (C=O) groups is 1. The monoisotopic (exact) mass is 317 g/mol. The molecule has 0 radical (unpaired) electrons. The normalized spacial score (nSPS) is 9.91. The van der Waals surface area contributed by atoms with Gasteiger partial charge in [0.15, 0.2) is 0 Å². The molecule has 0 aliphatic heterocycles. The highest BCUT2D eigenvalue weighted by molar-refractivity contribution is 5.85. The molecule has 0 fully saturated rings. The first-order chi connectivity index (χ1) is 11.0. The van der Waals surface area contributed by atoms with Gasteiger partial charge in [-0.25, -0.2) is 4.79 Å². The highest BCUT2D eigenvalue weighted by atomic mass is 16.6. The molecule has 1 amide bonds. The Morgan fingerprint density at radius 2 is 1.57 bits per heavy atom. The second kappa shape index (κ2) is 6.98. The second-order valence-corrected chi connectivity index (χ2v) is 4.44. The number of ether oxygens (including phenoxy) is 1. The van der Waals surface area contributed by atoms with Crippen molar-refractivity contribution in [1.82, 2.24) is 0 Å². The average molecular weight is 317 g/mol. The summed E-state index contributed by atoms with van der Waals surface area (Å²) in [5.74, 6) is 0. The van der Waals surface area contributed by atoms with E-state index in [1.807, 2.05) is 6.07 Å². The summed E-state index contributed by atoms with van der Waals surface area (Å²) in [4.78, 5) is 31.6. The number of nitrogens with zero attached hydrogens (tertiary/aromatic N) is 2. The van der Waals surface area contributed by atoms with Gasteiger partial charge in [0.05, 0.1) is 21.6 Å². The molecule has 0 bridgehead atoms. The van der Waals surface area contributed by atoms with E-state index in [1.54, 1.807) is 24.3 Å². The molecule has 0 atom stereocenters. The molecule has 0 aromatic heterocycles. The molecular formula is C14H11N3O6. The first kappa shape index (κ1) is 15.9. The molecule has 0 saturated heterocycles. The van der Waals surface area contributed by atoms with Gasteiger partial charge >= 0.3 is 6.09 Å². The third kappa shape index (κ3) is 4.49. The zero-order chi connectivity index (χ0) is 16.8. The third-order valence-corrected chi connectivity index (χ3v) is 2.78. The lowest BCUT2D eigenvalue weighted by molar-refractivity contribution is -0.394. The standard InChI is InChI=1S/C14H11N3O6/c18-14(23-9-10-4-2-1-3-5-10)15-11-6-12(16(19)20)8-13(7-11)17(21)22/h1-8H,9H2,(H,15,18). The van der Waals surface area contributed by atoms with Crippen molar-refractivity contribution in [1.29, 1.82) is 0 Å². The number of nitro groups is 2. The molecule has 118 valence electrons. The van der Waals surface area contributed by atoms with E-state index in [-0.39, 0.29) is 12.3 Å². The second-order valence-electron chi connectivity index (χ2n) is 4.44. The van der Waals surface area contributed by atoms with Crippen LogP contribution in [0.15, 0.2) is 48.5 Å². The van der Waals surface area contributed by atoms with Crippen molar-refractivity contribution in [2.45, 2.75) is 6.61 Å². The molecule has 0 unspecified atom stereocenters. The van der Waals surface area contributed by atoms with Crippen LogP contribution in [0.2, 0.25) is 0 Å². The predicted octanol–water partition coefficient (Wildman–Crippen LogP) is 3.25. The van der Waals surface area contributed by atoms with Crippen LogP contribution in [0.1, 0.15) is 5.56 Å². The number of non-ortho nitro benzene ring substituents is 2. The molecule has 9 heteroatoms. The van der Waals surface area contributed by atoms with Crippen LogP contribution >= 0.6 is 0 Å². The van der Waals surface area contributed by atoms with Crippen molar-refractivity contribution < 1.29 is 19.4 Å². The third-order valence-electron chi connectivity index (χ3n) is 2.78. The van der Waals surface area contributed by atoms with Crippen LogP contribution in [-0.4, -0.2) is 15.9 Å². The molecule has 0 saturated carbocycles. The summed E-state index contributed by atoms with van der Waals surface area (Å²) in [5.41, 5.74) is -0.341. The fraction of sp³-hybridized carbons (Fsp3) is 0.0714. The molecule has 2 aromatic carbocycles. The number of amides is 1. The predicted molar refractivity (Wildman–Crippen MR) is 80.0 cm³/mol. The lowest BCUT2D eigenvalue weighted by atomic mass is 10.2. The van der Waals surface area contributed by atoms with Crippen LogP contribution in [-0.2, 0) is 11.3 Å². The van der Waals surface area contributed by atoms with Crippen molar-refractivity contribution in [2.24, 2.45) is 0 Å². The van der Waals surface area contributed by atoms with Crippen molar-refractivity contribution in [3.8, 4) is 0 Å². The minimum atomic E-state index is -0.872. The van der Waals surface area contributed by atoms with E-state index in [2.05, 4.69) is 5.32 Å². The van der Waals surface area contributed by atoms with E-state index >= 15 is 0 Å². The lowest BCUT2D eigenvalue weighted by Gasteiger charge is -2.07. The Morgan fingerprint density at radius 1 is 1.00 bits per heavy atom. The van der Waals surface area contributed by atoms with Gasteiger partial charge < -0.3 is 4.74 Å². The van der Waals surface area contributed by atoms with E-state index in [0.717, 1.165) is 23.8 Å². The van der Waals surface area contributed by atoms with E-state index in [4.69, 9.17) is 4.74 Å². The van der Waals surface area contributed by atoms with Crippen molar-refractivity contribution >= 4 is 23.2 Å². The van der Waals surface area contributed by atoms with Crippen LogP contribution in [0.4, 0.5) is 21.9 Å². The lowest BCUT2D eigenvalue weighted by Crippen LogP contribution is -2.13. The Morgan fingerprint density at radius 3 is 2.09 bits per heavy atom. The fourth-order valence-electron chi connectivity index (χ4n) is 1.76. The van der Waals surface area contributed by atoms with E-state index in [9.17, 15) is 25.0 Å². The molecule has 0 aliphatic rings. The summed E-state index contributed by atoms with van der Waals surface area (Å²) in [6.45, 7) is 0.00366. The smallest absolute Gasteiger partial charge is 0.411 e. The Balaban J connectivity index is 2.07. The quantitative estimate of drug-likeness (QED) is 0.666. The first-order valence-electron chi connectivity index (χ1n) is 6.37. The zero-order valence-electron chi connectivity index (χ0n) is 11.7. The Bertz CT molecular complexity index is 715. The number of hydrogen-bond acceptors (Lipinski definition) is 6. The van der Waals surface area contributed by atoms with E-state index < -0.39 is 27.3 Å². The van der Waals surface area contributed by atoms with Gasteiger partial charge in [0.2, 0.25) is 0 Å². The molecule has 1 N–H and O–H groups in total. The van der Waals surface area contributed by atoms with Gasteiger partial charge in [-0.3, -0.25) is 25.5 Å². The largest absolute Gasteiger partial charge is 0.444 e. The fourth-order valence-corrected chi connectivity index (χ4v) is 1.76. The van der Waals surface area contributed by atoms with Crippen molar-refractivity contribution in [2.75, 3.05) is 5.32 Å². The molecule has 0 spiro atoms. The Labute approximate surface area is 129 Å². The molecule has 2 aromatic rings. The SMILES string of the molecule is O=C(Nc1cc([N+](=O)[O-])cc([N+](=O)[O-])c1)OCc1ccccc1. The minimum absolute atomic E-state index is 0.00366. The topological polar surface area (TPSA) is 125 Å². The summed E-state index contributed by atoms with van der Waals surface area (Å²) < 4.78 is 4.94. The van der Waals surface area contributed by atoms with Crippen LogP contribution in [0.25, 0.3) is 0 Å². The number of rotatable bonds is 5. The number of nitrogens with one attached hydrogen (secondary N) is 1. The minimum Gasteiger partial charge on any atom is -0.444 e. The van der Waals surface area contributed by atoms with Gasteiger partial charge in [-0.15, -0.1) is 0 Å². The molecule has 23 heavy (non-hydrogen) atoms. The van der Waals surface area contributed by atoms with Crippen LogP contribution in [0, 0.1) is 20.2 Å². The molecule has 9 nitrogen and oxygen atoms in total. The highest BCUT2D eigenvalue weighted by Crippen LogP contribution is 2.25. The van der Waals surface area contributed by atoms with Gasteiger partial charge in [-0.1, -0.05) is 30.3 Å². The number of anilines is 1. The van der Waals surface area contributed by atoms with E-state index in [1.165, 1.54) is 0 Å².